The summed E-state index contributed by atoms with van der Waals surface area (Å²) in [5.74, 6) is 4.73. The molecule has 2 nitrogen and oxygen atoms in total. The maximum absolute atomic E-state index is 14.3. The largest absolute Gasteiger partial charge is 0.344 e. The van der Waals surface area contributed by atoms with Crippen LogP contribution in [0.3, 0.4) is 0 Å². The summed E-state index contributed by atoms with van der Waals surface area (Å²) in [5.41, 5.74) is 0. The van der Waals surface area contributed by atoms with E-state index in [9.17, 15) is 9.46 Å². The molecular weight excluding hydrogens is 303 g/mol. The number of hydrogen-bond donors (Lipinski definition) is 1. The second-order valence-electron chi connectivity index (χ2n) is 10.9. The molecule has 0 spiro atoms. The van der Waals surface area contributed by atoms with Crippen LogP contribution in [-0.4, -0.2) is 15.2 Å². The molecule has 8 bridgehead atoms. The molecule has 0 aromatic rings. The average Bonchev–Trinajstić information content (AvgIpc) is 2.44. The van der Waals surface area contributed by atoms with Crippen molar-refractivity contribution in [2.75, 3.05) is 0 Å². The fraction of sp³-hybridized carbons (Fsp3) is 1.00. The predicted octanol–water partition coefficient (Wildman–Crippen LogP) is 5.19. The Hall–Kier alpha value is 0.190. The zero-order valence-electron chi connectivity index (χ0n) is 14.3. The first-order valence-corrected chi connectivity index (χ1v) is 12.0. The third-order valence-electron chi connectivity index (χ3n) is 9.30. The van der Waals surface area contributed by atoms with E-state index in [0.717, 1.165) is 74.0 Å². The van der Waals surface area contributed by atoms with Crippen molar-refractivity contribution in [1.82, 2.24) is 0 Å². The molecule has 0 amide bonds. The van der Waals surface area contributed by atoms with Gasteiger partial charge in [0.2, 0.25) is 7.37 Å². The van der Waals surface area contributed by atoms with Gasteiger partial charge in [-0.1, -0.05) is 0 Å². The van der Waals surface area contributed by atoms with Crippen LogP contribution in [0.1, 0.15) is 77.0 Å². The van der Waals surface area contributed by atoms with Gasteiger partial charge in [-0.2, -0.15) is 0 Å². The van der Waals surface area contributed by atoms with Gasteiger partial charge < -0.3 is 4.89 Å². The highest BCUT2D eigenvalue weighted by atomic mass is 31.2. The Balaban J connectivity index is 1.42. The average molecular weight is 334 g/mol. The molecule has 0 saturated heterocycles. The molecule has 8 aliphatic rings. The Morgan fingerprint density at radius 2 is 0.783 bits per heavy atom. The van der Waals surface area contributed by atoms with Crippen LogP contribution in [0.2, 0.25) is 0 Å². The lowest BCUT2D eigenvalue weighted by Crippen LogP contribution is -2.57. The fourth-order valence-corrected chi connectivity index (χ4v) is 13.4. The molecule has 0 aliphatic heterocycles. The van der Waals surface area contributed by atoms with E-state index >= 15 is 0 Å². The van der Waals surface area contributed by atoms with Crippen LogP contribution in [0.25, 0.3) is 0 Å². The molecule has 0 radical (unpaired) electrons. The lowest BCUT2D eigenvalue weighted by atomic mass is 9.55. The van der Waals surface area contributed by atoms with Crippen LogP contribution in [0.15, 0.2) is 0 Å². The first-order valence-electron chi connectivity index (χ1n) is 10.3. The Morgan fingerprint density at radius 1 is 0.565 bits per heavy atom. The quantitative estimate of drug-likeness (QED) is 0.705. The molecule has 1 N–H and O–H groups in total. The van der Waals surface area contributed by atoms with Gasteiger partial charge in [-0.15, -0.1) is 0 Å². The lowest BCUT2D eigenvalue weighted by molar-refractivity contribution is 0.00581. The van der Waals surface area contributed by atoms with Gasteiger partial charge >= 0.3 is 0 Å². The second kappa shape index (κ2) is 4.29. The van der Waals surface area contributed by atoms with Crippen LogP contribution in [-0.2, 0) is 4.57 Å². The Labute approximate surface area is 140 Å². The molecule has 8 aliphatic carbocycles. The van der Waals surface area contributed by atoms with Crippen molar-refractivity contribution < 1.29 is 9.46 Å². The molecule has 3 heteroatoms. The van der Waals surface area contributed by atoms with Crippen LogP contribution >= 0.6 is 7.37 Å². The first-order chi connectivity index (χ1) is 11.0. The van der Waals surface area contributed by atoms with E-state index in [0.29, 0.717) is 0 Å². The molecular formula is C20H31O2P. The van der Waals surface area contributed by atoms with Crippen LogP contribution in [0, 0.1) is 35.5 Å². The highest BCUT2D eigenvalue weighted by Crippen LogP contribution is 2.81. The van der Waals surface area contributed by atoms with Gasteiger partial charge in [0.1, 0.15) is 0 Å². The van der Waals surface area contributed by atoms with E-state index < -0.39 is 7.37 Å². The minimum atomic E-state index is -3.09. The molecule has 0 heterocycles. The van der Waals surface area contributed by atoms with E-state index in [4.69, 9.17) is 0 Å². The summed E-state index contributed by atoms with van der Waals surface area (Å²) in [4.78, 5) is 11.8. The van der Waals surface area contributed by atoms with Gasteiger partial charge in [-0.3, -0.25) is 4.57 Å². The summed E-state index contributed by atoms with van der Waals surface area (Å²) >= 11 is 0. The molecule has 8 rings (SSSR count). The summed E-state index contributed by atoms with van der Waals surface area (Å²) in [6, 6.07) is 0. The fourth-order valence-electron chi connectivity index (χ4n) is 9.38. The van der Waals surface area contributed by atoms with Crippen molar-refractivity contribution >= 4 is 7.37 Å². The molecule has 8 saturated carbocycles. The summed E-state index contributed by atoms with van der Waals surface area (Å²) in [7, 11) is -3.09. The summed E-state index contributed by atoms with van der Waals surface area (Å²) in [6.45, 7) is 0. The molecule has 23 heavy (non-hydrogen) atoms. The van der Waals surface area contributed by atoms with Gasteiger partial charge in [0.25, 0.3) is 0 Å². The predicted molar refractivity (Wildman–Crippen MR) is 91.6 cm³/mol. The highest BCUT2D eigenvalue weighted by Gasteiger charge is 2.68. The third kappa shape index (κ3) is 1.74. The maximum Gasteiger partial charge on any atom is 0.212 e. The van der Waals surface area contributed by atoms with Crippen LogP contribution in [0.5, 0.6) is 0 Å². The second-order valence-corrected chi connectivity index (χ2v) is 13.9. The lowest BCUT2D eigenvalue weighted by Gasteiger charge is -2.64. The van der Waals surface area contributed by atoms with Gasteiger partial charge in [-0.25, -0.2) is 0 Å². The third-order valence-corrected chi connectivity index (χ3v) is 13.0. The molecule has 0 atom stereocenters. The minimum absolute atomic E-state index is 0.145. The van der Waals surface area contributed by atoms with Crippen molar-refractivity contribution in [3.8, 4) is 0 Å². The van der Waals surface area contributed by atoms with E-state index in [1.165, 1.54) is 38.5 Å². The van der Waals surface area contributed by atoms with E-state index in [-0.39, 0.29) is 10.3 Å². The van der Waals surface area contributed by atoms with Gasteiger partial charge in [0.05, 0.1) is 0 Å². The zero-order chi connectivity index (χ0) is 15.4. The summed E-state index contributed by atoms with van der Waals surface area (Å²) in [6.07, 6.45) is 14.9. The van der Waals surface area contributed by atoms with Crippen LogP contribution in [0.4, 0.5) is 0 Å². The van der Waals surface area contributed by atoms with E-state index in [2.05, 4.69) is 0 Å². The van der Waals surface area contributed by atoms with Crippen molar-refractivity contribution in [1.29, 1.82) is 0 Å². The minimum Gasteiger partial charge on any atom is -0.344 e. The summed E-state index contributed by atoms with van der Waals surface area (Å²) < 4.78 is 14.3. The maximum atomic E-state index is 14.3. The molecule has 0 aromatic carbocycles. The molecule has 0 aromatic heterocycles. The van der Waals surface area contributed by atoms with Gasteiger partial charge in [-0.05, 0) is 113 Å². The molecule has 0 unspecified atom stereocenters. The smallest absolute Gasteiger partial charge is 0.212 e. The summed E-state index contributed by atoms with van der Waals surface area (Å²) in [5, 5.41) is -0.291. The van der Waals surface area contributed by atoms with E-state index in [1.54, 1.807) is 0 Å². The van der Waals surface area contributed by atoms with Crippen molar-refractivity contribution in [2.24, 2.45) is 35.5 Å². The first kappa shape index (κ1) is 14.4. The number of rotatable bonds is 2. The van der Waals surface area contributed by atoms with Crippen molar-refractivity contribution in [3.05, 3.63) is 0 Å². The zero-order valence-corrected chi connectivity index (χ0v) is 15.1. The van der Waals surface area contributed by atoms with Gasteiger partial charge in [0.15, 0.2) is 0 Å². The Kier molecular flexibility index (Phi) is 2.68. The standard InChI is InChI=1S/C20H31O2P/c21-23(22,19-7-13-1-14(8-19)3-15(2-13)9-19)20-10-16-4-17(11-20)6-18(5-16)12-20/h13-18H,1-12H2,(H,21,22). The number of hydrogen-bond acceptors (Lipinski definition) is 1. The van der Waals surface area contributed by atoms with Crippen LogP contribution < -0.4 is 0 Å². The normalized spacial score (nSPS) is 61.8. The van der Waals surface area contributed by atoms with E-state index in [1.807, 2.05) is 0 Å². The van der Waals surface area contributed by atoms with Crippen molar-refractivity contribution in [3.63, 3.8) is 0 Å². The Bertz CT molecular complexity index is 476. The van der Waals surface area contributed by atoms with Gasteiger partial charge in [0, 0.05) is 10.3 Å². The monoisotopic (exact) mass is 334 g/mol. The molecule has 128 valence electrons. The molecule has 8 fully saturated rings. The highest BCUT2D eigenvalue weighted by molar-refractivity contribution is 7.61. The topological polar surface area (TPSA) is 37.3 Å². The van der Waals surface area contributed by atoms with Crippen molar-refractivity contribution in [2.45, 2.75) is 87.4 Å². The Morgan fingerprint density at radius 3 is 1.00 bits per heavy atom. The SMILES string of the molecule is O=P(O)(C12CC3CC(CC(C3)C1)C2)C12CC3CC(CC(C3)C1)C2.